The molecule has 0 bridgehead atoms. The van der Waals surface area contributed by atoms with E-state index in [1.54, 1.807) is 18.1 Å². The maximum absolute atomic E-state index is 12.9. The molecule has 2 aromatic carbocycles. The van der Waals surface area contributed by atoms with E-state index in [1.165, 1.54) is 0 Å². The van der Waals surface area contributed by atoms with E-state index in [2.05, 4.69) is 20.9 Å². The molecule has 9 nitrogen and oxygen atoms in total. The summed E-state index contributed by atoms with van der Waals surface area (Å²) in [7, 11) is 1.71. The second-order valence-electron chi connectivity index (χ2n) is 11.5. The van der Waals surface area contributed by atoms with Crippen molar-refractivity contribution in [1.29, 1.82) is 0 Å². The van der Waals surface area contributed by atoms with E-state index in [4.69, 9.17) is 4.74 Å². The Morgan fingerprint density at radius 2 is 1.80 bits per heavy atom. The van der Waals surface area contributed by atoms with Crippen molar-refractivity contribution < 1.29 is 19.1 Å². The minimum Gasteiger partial charge on any atom is -0.444 e. The van der Waals surface area contributed by atoms with Crippen molar-refractivity contribution in [2.24, 2.45) is 0 Å². The van der Waals surface area contributed by atoms with Gasteiger partial charge in [-0.1, -0.05) is 36.4 Å². The van der Waals surface area contributed by atoms with Gasteiger partial charge in [-0.05, 0) is 74.1 Å². The third-order valence-corrected chi connectivity index (χ3v) is 7.30. The van der Waals surface area contributed by atoms with Gasteiger partial charge in [-0.2, -0.15) is 0 Å². The summed E-state index contributed by atoms with van der Waals surface area (Å²) in [6, 6.07) is 17.5. The number of rotatable bonds is 7. The summed E-state index contributed by atoms with van der Waals surface area (Å²) in [6.07, 6.45) is 2.49. The van der Waals surface area contributed by atoms with Gasteiger partial charge < -0.3 is 25.6 Å². The van der Waals surface area contributed by atoms with E-state index in [0.29, 0.717) is 37.4 Å². The van der Waals surface area contributed by atoms with Crippen molar-refractivity contribution in [3.05, 3.63) is 88.6 Å². The van der Waals surface area contributed by atoms with Crippen LogP contribution >= 0.6 is 0 Å². The predicted octanol–water partition coefficient (Wildman–Crippen LogP) is 4.17. The maximum Gasteiger partial charge on any atom is 0.410 e. The summed E-state index contributed by atoms with van der Waals surface area (Å²) >= 11 is 0. The van der Waals surface area contributed by atoms with Crippen LogP contribution in [0.5, 0.6) is 0 Å². The number of amides is 3. The van der Waals surface area contributed by atoms with Gasteiger partial charge in [-0.15, -0.1) is 0 Å². The molecule has 1 atom stereocenters. The van der Waals surface area contributed by atoms with Crippen molar-refractivity contribution >= 4 is 29.4 Å². The molecule has 2 heterocycles. The molecule has 0 fully saturated rings. The van der Waals surface area contributed by atoms with Crippen LogP contribution in [0.2, 0.25) is 0 Å². The quantitative estimate of drug-likeness (QED) is 0.414. The number of ether oxygens (including phenoxy) is 1. The van der Waals surface area contributed by atoms with E-state index in [0.717, 1.165) is 27.8 Å². The lowest BCUT2D eigenvalue weighted by atomic mass is 9.79. The van der Waals surface area contributed by atoms with Crippen LogP contribution in [0.1, 0.15) is 48.6 Å². The minimum absolute atomic E-state index is 0.0234. The fraction of sp³-hybridized carbons (Fsp3) is 0.355. The highest BCUT2D eigenvalue weighted by Crippen LogP contribution is 2.46. The van der Waals surface area contributed by atoms with E-state index in [9.17, 15) is 14.4 Å². The summed E-state index contributed by atoms with van der Waals surface area (Å²) in [5.74, 6) is 0.451. The third kappa shape index (κ3) is 5.70. The van der Waals surface area contributed by atoms with Gasteiger partial charge >= 0.3 is 6.09 Å². The molecule has 1 aliphatic carbocycles. The number of aromatic nitrogens is 1. The lowest BCUT2D eigenvalue weighted by Crippen LogP contribution is -2.35. The Hall–Kier alpha value is -4.24. The second-order valence-corrected chi connectivity index (χ2v) is 11.5. The van der Waals surface area contributed by atoms with Crippen LogP contribution in [0.15, 0.2) is 60.8 Å². The molecule has 1 aromatic heterocycles. The first-order valence-corrected chi connectivity index (χ1v) is 13.4. The Morgan fingerprint density at radius 1 is 1.05 bits per heavy atom. The number of benzene rings is 2. The van der Waals surface area contributed by atoms with Crippen molar-refractivity contribution in [3.8, 4) is 0 Å². The first kappa shape index (κ1) is 27.3. The van der Waals surface area contributed by atoms with Crippen molar-refractivity contribution in [2.45, 2.75) is 57.7 Å². The Kier molecular flexibility index (Phi) is 7.33. The van der Waals surface area contributed by atoms with E-state index in [1.807, 2.05) is 75.4 Å². The van der Waals surface area contributed by atoms with Gasteiger partial charge in [-0.3, -0.25) is 9.59 Å². The molecule has 5 rings (SSSR count). The zero-order valence-corrected chi connectivity index (χ0v) is 23.3. The highest BCUT2D eigenvalue weighted by molar-refractivity contribution is 6.06. The fourth-order valence-corrected chi connectivity index (χ4v) is 5.41. The molecule has 208 valence electrons. The Morgan fingerprint density at radius 3 is 2.58 bits per heavy atom. The molecule has 1 unspecified atom stereocenters. The standard InChI is InChI=1S/C31H35N5O4/c1-30(2,3)40-29(39)36(4)19-22-9-6-5-8-21(22)17-32-18-26(37)34-24-12-11-20-15-31(16-23(20)14-24)25-10-7-13-33-27(25)35-28(31)38/h5-14,32H,15-19H2,1-4H3,(H,34,37)(H,33,35,38). The summed E-state index contributed by atoms with van der Waals surface area (Å²) in [6.45, 7) is 6.51. The third-order valence-electron chi connectivity index (χ3n) is 7.30. The molecule has 0 saturated heterocycles. The van der Waals surface area contributed by atoms with Crippen molar-refractivity contribution in [2.75, 3.05) is 24.2 Å². The molecule has 40 heavy (non-hydrogen) atoms. The molecule has 0 saturated carbocycles. The Balaban J connectivity index is 1.16. The van der Waals surface area contributed by atoms with Crippen LogP contribution < -0.4 is 16.0 Å². The lowest BCUT2D eigenvalue weighted by molar-refractivity contribution is -0.120. The van der Waals surface area contributed by atoms with Crippen molar-refractivity contribution in [3.63, 3.8) is 0 Å². The number of carbonyl (C=O) groups excluding carboxylic acids is 3. The van der Waals surface area contributed by atoms with Gasteiger partial charge in [0, 0.05) is 37.6 Å². The molecule has 1 spiro atoms. The number of carbonyl (C=O) groups is 3. The first-order chi connectivity index (χ1) is 19.0. The first-order valence-electron chi connectivity index (χ1n) is 13.4. The number of pyridine rings is 1. The van der Waals surface area contributed by atoms with Crippen LogP contribution in [0, 0.1) is 0 Å². The highest BCUT2D eigenvalue weighted by atomic mass is 16.6. The Labute approximate surface area is 234 Å². The molecular formula is C31H35N5O4. The number of hydrogen-bond acceptors (Lipinski definition) is 6. The predicted molar refractivity (Wildman–Crippen MR) is 153 cm³/mol. The largest absolute Gasteiger partial charge is 0.444 e. The zero-order valence-electron chi connectivity index (χ0n) is 23.3. The highest BCUT2D eigenvalue weighted by Gasteiger charge is 2.51. The summed E-state index contributed by atoms with van der Waals surface area (Å²) in [5, 5.41) is 9.10. The lowest BCUT2D eigenvalue weighted by Gasteiger charge is -2.25. The van der Waals surface area contributed by atoms with Crippen LogP contribution in [0.3, 0.4) is 0 Å². The Bertz CT molecular complexity index is 1460. The number of nitrogens with zero attached hydrogens (tertiary/aromatic N) is 2. The number of anilines is 2. The summed E-state index contributed by atoms with van der Waals surface area (Å²) in [5.41, 5.74) is 4.57. The molecule has 0 radical (unpaired) electrons. The van der Waals surface area contributed by atoms with Gasteiger partial charge in [-0.25, -0.2) is 9.78 Å². The van der Waals surface area contributed by atoms with E-state index in [-0.39, 0.29) is 24.5 Å². The molecular weight excluding hydrogens is 506 g/mol. The maximum atomic E-state index is 12.9. The van der Waals surface area contributed by atoms with Gasteiger partial charge in [0.15, 0.2) is 0 Å². The summed E-state index contributed by atoms with van der Waals surface area (Å²) < 4.78 is 5.45. The van der Waals surface area contributed by atoms with Gasteiger partial charge in [0.1, 0.15) is 11.4 Å². The fourth-order valence-electron chi connectivity index (χ4n) is 5.41. The number of fused-ring (bicyclic) bond motifs is 3. The molecule has 9 heteroatoms. The second kappa shape index (κ2) is 10.7. The minimum atomic E-state index is -0.638. The molecule has 3 amide bonds. The molecule has 3 aromatic rings. The average Bonchev–Trinajstić information content (AvgIpc) is 3.41. The van der Waals surface area contributed by atoms with Crippen LogP contribution in [0.25, 0.3) is 0 Å². The molecule has 2 aliphatic rings. The van der Waals surface area contributed by atoms with Gasteiger partial charge in [0.2, 0.25) is 11.8 Å². The molecule has 3 N–H and O–H groups in total. The van der Waals surface area contributed by atoms with Crippen molar-refractivity contribution in [1.82, 2.24) is 15.2 Å². The van der Waals surface area contributed by atoms with Gasteiger partial charge in [0.25, 0.3) is 0 Å². The number of nitrogens with one attached hydrogen (secondary N) is 3. The van der Waals surface area contributed by atoms with E-state index >= 15 is 0 Å². The SMILES string of the molecule is CN(Cc1ccccc1CNCC(=O)Nc1ccc2c(c1)CC1(C2)C(=O)Nc2ncccc21)C(=O)OC(C)(C)C. The zero-order chi connectivity index (χ0) is 28.5. The smallest absolute Gasteiger partial charge is 0.410 e. The number of hydrogen-bond donors (Lipinski definition) is 3. The van der Waals surface area contributed by atoms with Crippen LogP contribution in [-0.2, 0) is 45.7 Å². The average molecular weight is 542 g/mol. The van der Waals surface area contributed by atoms with Gasteiger partial charge in [0.05, 0.1) is 12.0 Å². The topological polar surface area (TPSA) is 113 Å². The van der Waals surface area contributed by atoms with Crippen LogP contribution in [0.4, 0.5) is 16.3 Å². The normalized spacial score (nSPS) is 17.2. The molecule has 1 aliphatic heterocycles. The summed E-state index contributed by atoms with van der Waals surface area (Å²) in [4.78, 5) is 43.9. The van der Waals surface area contributed by atoms with Crippen LogP contribution in [-0.4, -0.2) is 47.0 Å². The van der Waals surface area contributed by atoms with E-state index < -0.39 is 11.0 Å². The monoisotopic (exact) mass is 541 g/mol.